The van der Waals surface area contributed by atoms with Crippen LogP contribution in [0.25, 0.3) is 22.0 Å². The summed E-state index contributed by atoms with van der Waals surface area (Å²) in [5.41, 5.74) is 6.61. The number of nitrogens with one attached hydrogen (secondary N) is 2. The molecule has 0 bridgehead atoms. The monoisotopic (exact) mass is 1080 g/mol. The molecule has 76 heavy (non-hydrogen) atoms. The average Bonchev–Trinajstić information content (AvgIpc) is 4.18. The molecule has 0 spiro atoms. The zero-order valence-electron chi connectivity index (χ0n) is 42.1. The molecule has 15 nitrogen and oxygen atoms in total. The fourth-order valence-electron chi connectivity index (χ4n) is 12.2. The molecule has 6 heterocycles. The number of carbonyl (C=O) groups is 3. The van der Waals surface area contributed by atoms with E-state index < -0.39 is 57.7 Å². The van der Waals surface area contributed by atoms with Crippen LogP contribution < -0.4 is 35.6 Å². The summed E-state index contributed by atoms with van der Waals surface area (Å²) in [7, 11) is 1.57. The highest BCUT2D eigenvalue weighted by molar-refractivity contribution is 7.15. The van der Waals surface area contributed by atoms with Crippen LogP contribution >= 0.6 is 22.9 Å². The molecule has 400 valence electrons. The molecule has 5 aliphatic rings. The maximum atomic E-state index is 16.5. The van der Waals surface area contributed by atoms with Gasteiger partial charge in [0, 0.05) is 91.3 Å². The van der Waals surface area contributed by atoms with Gasteiger partial charge in [-0.3, -0.25) is 24.5 Å². The number of amides is 4. The van der Waals surface area contributed by atoms with Crippen molar-refractivity contribution < 1.29 is 46.5 Å². The third-order valence-corrected chi connectivity index (χ3v) is 17.8. The Morgan fingerprint density at radius 1 is 0.961 bits per heavy atom. The molecule has 3 unspecified atom stereocenters. The van der Waals surface area contributed by atoms with Crippen LogP contribution in [0.5, 0.6) is 11.5 Å². The predicted octanol–water partition coefficient (Wildman–Crippen LogP) is 8.46. The number of rotatable bonds is 14. The zero-order valence-corrected chi connectivity index (χ0v) is 43.6. The lowest BCUT2D eigenvalue weighted by atomic mass is 9.77. The normalized spacial score (nSPS) is 21.5. The van der Waals surface area contributed by atoms with Crippen molar-refractivity contribution in [1.82, 2.24) is 30.3 Å². The van der Waals surface area contributed by atoms with Gasteiger partial charge in [0.1, 0.15) is 29.5 Å². The second-order valence-corrected chi connectivity index (χ2v) is 22.1. The third-order valence-electron chi connectivity index (χ3n) is 16.2. The SMILES string of the molecule is CC1c2c(cc(F)c(Cl)c2-c2c(C(N)=O)ccc(OCCO)c2F)OC1(CNC1CCc2nc(N3CCC(CN4CCC(c5c(F)cc6c(N7CCC(=O)NC7=O)nn(C)c6c5F)CC4)CC3)sc2C1)c1ccccc1. The Hall–Kier alpha value is -6.32. The van der Waals surface area contributed by atoms with Crippen LogP contribution in [0.2, 0.25) is 5.02 Å². The number of urea groups is 1. The van der Waals surface area contributed by atoms with Crippen molar-refractivity contribution in [2.75, 3.05) is 68.8 Å². The van der Waals surface area contributed by atoms with Crippen molar-refractivity contribution in [3.05, 3.63) is 116 Å². The number of aryl methyl sites for hydroxylation is 2. The Morgan fingerprint density at radius 3 is 2.45 bits per heavy atom. The number of piperidine rings is 2. The first-order valence-corrected chi connectivity index (χ1v) is 27.1. The molecule has 3 atom stereocenters. The van der Waals surface area contributed by atoms with E-state index in [0.29, 0.717) is 30.9 Å². The van der Waals surface area contributed by atoms with Crippen molar-refractivity contribution in [2.24, 2.45) is 18.7 Å². The average molecular weight is 1080 g/mol. The summed E-state index contributed by atoms with van der Waals surface area (Å²) in [6, 6.07) is 14.0. The number of benzene rings is 4. The maximum absolute atomic E-state index is 16.5. The number of hydrogen-bond acceptors (Lipinski definition) is 12. The minimum atomic E-state index is -1.11. The van der Waals surface area contributed by atoms with E-state index in [1.54, 1.807) is 18.4 Å². The number of likely N-dealkylation sites (tertiary alicyclic amines) is 1. The molecule has 4 amide bonds. The maximum Gasteiger partial charge on any atom is 0.329 e. The van der Waals surface area contributed by atoms with E-state index in [0.717, 1.165) is 81.2 Å². The number of nitrogens with two attached hydrogens (primary N) is 1. The summed E-state index contributed by atoms with van der Waals surface area (Å²) >= 11 is 8.48. The van der Waals surface area contributed by atoms with Crippen LogP contribution in [0.4, 0.5) is 33.3 Å². The van der Waals surface area contributed by atoms with Gasteiger partial charge in [-0.2, -0.15) is 5.10 Å². The topological polar surface area (TPSA) is 180 Å². The number of carbonyl (C=O) groups excluding carboxylic acids is 3. The molecule has 21 heteroatoms. The molecular weight excluding hydrogens is 1030 g/mol. The van der Waals surface area contributed by atoms with Crippen LogP contribution in [0.1, 0.15) is 94.9 Å². The molecule has 6 aromatic rings. The van der Waals surface area contributed by atoms with E-state index in [-0.39, 0.29) is 88.6 Å². The zero-order chi connectivity index (χ0) is 53.2. The number of nitrogens with zero attached hydrogens (tertiary/aromatic N) is 6. The molecule has 11 rings (SSSR count). The van der Waals surface area contributed by atoms with Crippen molar-refractivity contribution in [1.29, 1.82) is 0 Å². The molecule has 4 aliphatic heterocycles. The largest absolute Gasteiger partial charge is 0.488 e. The van der Waals surface area contributed by atoms with Crippen molar-refractivity contribution in [3.8, 4) is 22.6 Å². The smallest absolute Gasteiger partial charge is 0.329 e. The van der Waals surface area contributed by atoms with Crippen LogP contribution in [-0.4, -0.2) is 108 Å². The van der Waals surface area contributed by atoms with Crippen LogP contribution in [0.3, 0.4) is 0 Å². The number of aliphatic hydroxyl groups excluding tert-OH is 1. The number of anilines is 2. The fraction of sp³-hybridized carbons (Fsp3) is 0.436. The predicted molar refractivity (Wildman–Crippen MR) is 280 cm³/mol. The van der Waals surface area contributed by atoms with Crippen molar-refractivity contribution >= 4 is 62.6 Å². The van der Waals surface area contributed by atoms with Gasteiger partial charge in [0.05, 0.1) is 28.3 Å². The number of aliphatic hydroxyl groups is 1. The van der Waals surface area contributed by atoms with Gasteiger partial charge < -0.3 is 35.4 Å². The fourth-order valence-corrected chi connectivity index (χ4v) is 13.7. The highest BCUT2D eigenvalue weighted by Gasteiger charge is 2.50. The Morgan fingerprint density at radius 2 is 1.72 bits per heavy atom. The number of fused-ring (bicyclic) bond motifs is 3. The van der Waals surface area contributed by atoms with E-state index in [4.69, 9.17) is 31.8 Å². The number of hydrogen-bond donors (Lipinski definition) is 4. The van der Waals surface area contributed by atoms with Gasteiger partial charge in [0.25, 0.3) is 0 Å². The molecule has 4 aromatic carbocycles. The third kappa shape index (κ3) is 9.32. The molecular formula is C55H58ClF4N9O6S. The number of ether oxygens (including phenoxy) is 2. The summed E-state index contributed by atoms with van der Waals surface area (Å²) in [6.07, 6.45) is 5.64. The molecule has 1 aliphatic carbocycles. The van der Waals surface area contributed by atoms with Crippen LogP contribution in [-0.2, 0) is 30.3 Å². The molecule has 5 N–H and O–H groups in total. The lowest BCUT2D eigenvalue weighted by Crippen LogP contribution is -2.49. The minimum Gasteiger partial charge on any atom is -0.488 e. The first-order valence-electron chi connectivity index (χ1n) is 25.9. The Bertz CT molecular complexity index is 3260. The second kappa shape index (κ2) is 20.9. The molecule has 3 saturated heterocycles. The Labute approximate surface area is 445 Å². The van der Waals surface area contributed by atoms with Crippen molar-refractivity contribution in [3.63, 3.8) is 0 Å². The summed E-state index contributed by atoms with van der Waals surface area (Å²) < 4.78 is 78.3. The summed E-state index contributed by atoms with van der Waals surface area (Å²) in [4.78, 5) is 49.5. The molecule has 3 fully saturated rings. The molecule has 0 radical (unpaired) electrons. The van der Waals surface area contributed by atoms with Gasteiger partial charge in [-0.05, 0) is 93.6 Å². The lowest BCUT2D eigenvalue weighted by Gasteiger charge is -2.38. The molecule has 2 aromatic heterocycles. The quantitative estimate of drug-likeness (QED) is 0.0769. The van der Waals surface area contributed by atoms with Crippen LogP contribution in [0.15, 0.2) is 54.6 Å². The van der Waals surface area contributed by atoms with E-state index in [1.807, 2.05) is 37.3 Å². The number of aromatic nitrogens is 3. The first kappa shape index (κ1) is 51.8. The van der Waals surface area contributed by atoms with Gasteiger partial charge in [-0.25, -0.2) is 27.3 Å². The standard InChI is InChI=1S/C55H58ClF4N9O6S/c1-29-43-40(26-37(58)47(56)46(43)45-34(51(61)72)9-11-39(48(45)59)74-23-22-70)75-55(29,32-6-4-3-5-7-32)28-62-33-8-10-38-41(24-33)76-54(63-38)68-19-12-30(13-20-68)27-67-17-14-31(15-18-67)44-36(57)25-35-50(49(44)60)66(2)65-52(35)69-21-16-42(71)64-53(69)73/h3-7,9,11,25-26,29-31,33,62,70H,8,10,12-24,27-28H2,1-2H3,(H2,61,72)(H,64,71,73). The van der Waals surface area contributed by atoms with E-state index in [1.165, 1.54) is 38.7 Å². The van der Waals surface area contributed by atoms with E-state index in [2.05, 4.69) is 25.5 Å². The summed E-state index contributed by atoms with van der Waals surface area (Å²) in [5, 5.41) is 20.6. The number of primary amides is 1. The van der Waals surface area contributed by atoms with E-state index >= 15 is 17.6 Å². The van der Waals surface area contributed by atoms with E-state index in [9.17, 15) is 19.5 Å². The summed E-state index contributed by atoms with van der Waals surface area (Å²) in [5.74, 6) is -4.86. The van der Waals surface area contributed by atoms with Gasteiger partial charge in [0.15, 0.2) is 33.9 Å². The first-order chi connectivity index (χ1) is 36.6. The number of thiazole rings is 1. The number of halogens is 5. The number of imide groups is 1. The van der Waals surface area contributed by atoms with Crippen molar-refractivity contribution in [2.45, 2.75) is 81.8 Å². The Balaban J connectivity index is 0.727. The van der Waals surface area contributed by atoms with Gasteiger partial charge >= 0.3 is 6.03 Å². The lowest BCUT2D eigenvalue weighted by molar-refractivity contribution is -0.120. The molecule has 0 saturated carbocycles. The van der Waals surface area contributed by atoms with Gasteiger partial charge in [0.2, 0.25) is 11.8 Å². The van der Waals surface area contributed by atoms with Gasteiger partial charge in [-0.15, -0.1) is 11.3 Å². The van der Waals surface area contributed by atoms with Crippen LogP contribution in [0, 0.1) is 29.2 Å². The minimum absolute atomic E-state index is 0.0526. The Kier molecular flexibility index (Phi) is 14.2. The van der Waals surface area contributed by atoms with Gasteiger partial charge in [-0.1, -0.05) is 48.9 Å². The highest BCUT2D eigenvalue weighted by atomic mass is 35.5. The highest BCUT2D eigenvalue weighted by Crippen LogP contribution is 2.57. The second-order valence-electron chi connectivity index (χ2n) is 20.7. The summed E-state index contributed by atoms with van der Waals surface area (Å²) in [6.45, 7) is 5.80.